The average Bonchev–Trinajstić information content (AvgIpc) is 1.62. The Hall–Kier alpha value is 0.350. The van der Waals surface area contributed by atoms with Crippen LogP contribution in [0.4, 0.5) is 0 Å². The van der Waals surface area contributed by atoms with Crippen molar-refractivity contribution in [3.63, 3.8) is 0 Å². The van der Waals surface area contributed by atoms with Gasteiger partial charge >= 0.3 is 0 Å². The molecule has 0 bridgehead atoms. The predicted octanol–water partition coefficient (Wildman–Crippen LogP) is 2.99. The highest BCUT2D eigenvalue weighted by Gasteiger charge is 2.13. The molecule has 0 unspecified atom stereocenters. The third-order valence-electron chi connectivity index (χ3n) is 1.27. The molecule has 0 aromatic rings. The maximum Gasteiger partial charge on any atom is -0.00719 e. The molecule has 0 aliphatic heterocycles. The zero-order valence-electron chi connectivity index (χ0n) is 6.94. The van der Waals surface area contributed by atoms with Crippen LogP contribution >= 0.6 is 12.6 Å². The molecule has 0 aliphatic rings. The molecule has 0 aliphatic carbocycles. The monoisotopic (exact) mass is 146 g/mol. The summed E-state index contributed by atoms with van der Waals surface area (Å²) >= 11 is 4.23. The van der Waals surface area contributed by atoms with E-state index in [4.69, 9.17) is 0 Å². The lowest BCUT2D eigenvalue weighted by Gasteiger charge is -2.21. The van der Waals surface area contributed by atoms with E-state index in [2.05, 4.69) is 40.3 Å². The van der Waals surface area contributed by atoms with E-state index in [1.165, 1.54) is 6.42 Å². The summed E-state index contributed by atoms with van der Waals surface area (Å²) in [6.07, 6.45) is 1.27. The fourth-order valence-corrected chi connectivity index (χ4v) is 1.24. The van der Waals surface area contributed by atoms with Crippen LogP contribution in [-0.4, -0.2) is 5.75 Å². The summed E-state index contributed by atoms with van der Waals surface area (Å²) < 4.78 is 0. The minimum Gasteiger partial charge on any atom is -0.179 e. The second-order valence-electron chi connectivity index (χ2n) is 4.05. The van der Waals surface area contributed by atoms with Gasteiger partial charge in [0.05, 0.1) is 0 Å². The maximum absolute atomic E-state index is 4.23. The molecular formula is C8H18S. The normalized spacial score (nSPS) is 15.7. The zero-order valence-corrected chi connectivity index (χ0v) is 7.83. The van der Waals surface area contributed by atoms with Crippen LogP contribution < -0.4 is 0 Å². The van der Waals surface area contributed by atoms with E-state index >= 15 is 0 Å². The van der Waals surface area contributed by atoms with Crippen molar-refractivity contribution >= 4 is 12.6 Å². The minimum atomic E-state index is 0.474. The lowest BCUT2D eigenvalue weighted by atomic mass is 9.86. The Morgan fingerprint density at radius 3 is 1.89 bits per heavy atom. The Kier molecular flexibility index (Phi) is 3.64. The molecule has 1 atom stereocenters. The van der Waals surface area contributed by atoms with Gasteiger partial charge in [0.2, 0.25) is 0 Å². The van der Waals surface area contributed by atoms with E-state index in [-0.39, 0.29) is 0 Å². The first-order chi connectivity index (χ1) is 3.95. The number of thiol groups is 1. The molecule has 0 heterocycles. The molecule has 0 saturated heterocycles. The van der Waals surface area contributed by atoms with E-state index in [0.717, 1.165) is 11.7 Å². The minimum absolute atomic E-state index is 0.474. The second kappa shape index (κ2) is 3.50. The van der Waals surface area contributed by atoms with E-state index in [1.54, 1.807) is 0 Å². The Morgan fingerprint density at radius 2 is 1.78 bits per heavy atom. The van der Waals surface area contributed by atoms with Gasteiger partial charge in [-0.3, -0.25) is 0 Å². The standard InChI is InChI=1S/C8H18S/c1-7(6-9)5-8(2,3)4/h7,9H,5-6H2,1-4H3/t7-/m0/s1. The van der Waals surface area contributed by atoms with E-state index in [0.29, 0.717) is 5.41 Å². The van der Waals surface area contributed by atoms with Crippen LogP contribution in [0.3, 0.4) is 0 Å². The van der Waals surface area contributed by atoms with Gasteiger partial charge in [0.25, 0.3) is 0 Å². The van der Waals surface area contributed by atoms with E-state index < -0.39 is 0 Å². The van der Waals surface area contributed by atoms with Gasteiger partial charge in [-0.25, -0.2) is 0 Å². The molecule has 0 saturated carbocycles. The van der Waals surface area contributed by atoms with Gasteiger partial charge in [0, 0.05) is 0 Å². The molecule has 56 valence electrons. The second-order valence-corrected chi connectivity index (χ2v) is 4.42. The molecule has 0 aromatic heterocycles. The summed E-state index contributed by atoms with van der Waals surface area (Å²) in [5.41, 5.74) is 0.474. The first-order valence-corrected chi connectivity index (χ1v) is 4.20. The van der Waals surface area contributed by atoms with Gasteiger partial charge in [-0.15, -0.1) is 0 Å². The Balaban J connectivity index is 3.47. The fraction of sp³-hybridized carbons (Fsp3) is 1.00. The van der Waals surface area contributed by atoms with Crippen molar-refractivity contribution in [1.29, 1.82) is 0 Å². The molecule has 0 N–H and O–H groups in total. The molecule has 0 spiro atoms. The summed E-state index contributed by atoms with van der Waals surface area (Å²) in [4.78, 5) is 0. The Bertz CT molecular complexity index is 71.1. The highest BCUT2D eigenvalue weighted by molar-refractivity contribution is 7.80. The summed E-state index contributed by atoms with van der Waals surface area (Å²) in [6.45, 7) is 9.06. The number of hydrogen-bond acceptors (Lipinski definition) is 1. The number of rotatable bonds is 2. The fourth-order valence-electron chi connectivity index (χ4n) is 1.11. The molecule has 0 rings (SSSR count). The summed E-state index contributed by atoms with van der Waals surface area (Å²) in [5.74, 6) is 1.77. The Labute approximate surface area is 64.4 Å². The van der Waals surface area contributed by atoms with Crippen LogP contribution in [-0.2, 0) is 0 Å². The SMILES string of the molecule is C[C@H](CS)CC(C)(C)C. The lowest BCUT2D eigenvalue weighted by Crippen LogP contribution is -2.11. The van der Waals surface area contributed by atoms with Crippen LogP contribution in [0, 0.1) is 11.3 Å². The van der Waals surface area contributed by atoms with E-state index in [9.17, 15) is 0 Å². The van der Waals surface area contributed by atoms with Crippen molar-refractivity contribution in [2.45, 2.75) is 34.1 Å². The van der Waals surface area contributed by atoms with Gasteiger partial charge in [0.1, 0.15) is 0 Å². The van der Waals surface area contributed by atoms with Gasteiger partial charge < -0.3 is 0 Å². The number of hydrogen-bond donors (Lipinski definition) is 1. The highest BCUT2D eigenvalue weighted by atomic mass is 32.1. The van der Waals surface area contributed by atoms with Crippen molar-refractivity contribution in [3.8, 4) is 0 Å². The quantitative estimate of drug-likeness (QED) is 0.569. The lowest BCUT2D eigenvalue weighted by molar-refractivity contribution is 0.323. The Morgan fingerprint density at radius 1 is 1.33 bits per heavy atom. The summed E-state index contributed by atoms with van der Waals surface area (Å²) in [5, 5.41) is 0. The predicted molar refractivity (Wildman–Crippen MR) is 47.1 cm³/mol. The van der Waals surface area contributed by atoms with Gasteiger partial charge in [-0.05, 0) is 23.5 Å². The molecule has 0 aromatic carbocycles. The smallest absolute Gasteiger partial charge is 0.00719 e. The molecule has 9 heavy (non-hydrogen) atoms. The van der Waals surface area contributed by atoms with Crippen molar-refractivity contribution in [2.75, 3.05) is 5.75 Å². The summed E-state index contributed by atoms with van der Waals surface area (Å²) in [7, 11) is 0. The zero-order chi connectivity index (χ0) is 7.49. The van der Waals surface area contributed by atoms with Gasteiger partial charge in [-0.1, -0.05) is 27.7 Å². The van der Waals surface area contributed by atoms with Gasteiger partial charge in [0.15, 0.2) is 0 Å². The third-order valence-corrected chi connectivity index (χ3v) is 1.90. The molecular weight excluding hydrogens is 128 g/mol. The highest BCUT2D eigenvalue weighted by Crippen LogP contribution is 2.24. The molecule has 0 radical (unpaired) electrons. The van der Waals surface area contributed by atoms with Gasteiger partial charge in [-0.2, -0.15) is 12.6 Å². The largest absolute Gasteiger partial charge is 0.179 e. The van der Waals surface area contributed by atoms with Crippen LogP contribution in [0.25, 0.3) is 0 Å². The van der Waals surface area contributed by atoms with E-state index in [1.807, 2.05) is 0 Å². The van der Waals surface area contributed by atoms with Crippen molar-refractivity contribution in [1.82, 2.24) is 0 Å². The summed E-state index contributed by atoms with van der Waals surface area (Å²) in [6, 6.07) is 0. The maximum atomic E-state index is 4.23. The van der Waals surface area contributed by atoms with Crippen molar-refractivity contribution < 1.29 is 0 Å². The average molecular weight is 146 g/mol. The van der Waals surface area contributed by atoms with Crippen LogP contribution in [0.2, 0.25) is 0 Å². The first kappa shape index (κ1) is 9.35. The third kappa shape index (κ3) is 6.23. The molecule has 0 amide bonds. The first-order valence-electron chi connectivity index (χ1n) is 3.56. The molecule has 0 fully saturated rings. The van der Waals surface area contributed by atoms with Crippen LogP contribution in [0.1, 0.15) is 34.1 Å². The molecule has 0 nitrogen and oxygen atoms in total. The van der Waals surface area contributed by atoms with Crippen molar-refractivity contribution in [2.24, 2.45) is 11.3 Å². The molecule has 1 heteroatoms. The van der Waals surface area contributed by atoms with Crippen molar-refractivity contribution in [3.05, 3.63) is 0 Å². The van der Waals surface area contributed by atoms with Crippen LogP contribution in [0.5, 0.6) is 0 Å². The topological polar surface area (TPSA) is 0 Å². The van der Waals surface area contributed by atoms with Crippen LogP contribution in [0.15, 0.2) is 0 Å².